The summed E-state index contributed by atoms with van der Waals surface area (Å²) in [5.74, 6) is -1.59. The Morgan fingerprint density at radius 2 is 1.68 bits per heavy atom. The van der Waals surface area contributed by atoms with E-state index in [9.17, 15) is 14.4 Å². The number of rotatable bonds is 6. The molecule has 108 valence electrons. The molecule has 0 saturated heterocycles. The SMILES string of the molecule is CC(NC(=O)N[C@@H](C(=O)O)C(C)C)C(=O)NC1CC1. The van der Waals surface area contributed by atoms with E-state index in [1.807, 2.05) is 0 Å². The van der Waals surface area contributed by atoms with Gasteiger partial charge in [-0.05, 0) is 25.7 Å². The molecule has 0 aliphatic heterocycles. The maximum absolute atomic E-state index is 11.6. The number of amides is 3. The van der Waals surface area contributed by atoms with E-state index in [1.165, 1.54) is 0 Å². The van der Waals surface area contributed by atoms with Crippen molar-refractivity contribution < 1.29 is 19.5 Å². The maximum atomic E-state index is 11.6. The minimum atomic E-state index is -1.10. The van der Waals surface area contributed by atoms with Crippen LogP contribution in [0.4, 0.5) is 4.79 Å². The molecule has 4 N–H and O–H groups in total. The van der Waals surface area contributed by atoms with Crippen LogP contribution in [0.3, 0.4) is 0 Å². The smallest absolute Gasteiger partial charge is 0.326 e. The van der Waals surface area contributed by atoms with Crippen LogP contribution < -0.4 is 16.0 Å². The van der Waals surface area contributed by atoms with Gasteiger partial charge in [0, 0.05) is 6.04 Å². The number of carboxylic acid groups (broad SMARTS) is 1. The lowest BCUT2D eigenvalue weighted by molar-refractivity contribution is -0.140. The number of carbonyl (C=O) groups excluding carboxylic acids is 2. The second kappa shape index (κ2) is 6.40. The maximum Gasteiger partial charge on any atom is 0.326 e. The minimum Gasteiger partial charge on any atom is -0.480 e. The molecule has 0 bridgehead atoms. The highest BCUT2D eigenvalue weighted by Crippen LogP contribution is 2.18. The van der Waals surface area contributed by atoms with Crippen LogP contribution in [-0.4, -0.2) is 41.1 Å². The molecule has 1 aliphatic carbocycles. The van der Waals surface area contributed by atoms with Crippen LogP contribution >= 0.6 is 0 Å². The van der Waals surface area contributed by atoms with Crippen LogP contribution in [0, 0.1) is 5.92 Å². The molecular weight excluding hydrogens is 250 g/mol. The largest absolute Gasteiger partial charge is 0.480 e. The van der Waals surface area contributed by atoms with Gasteiger partial charge < -0.3 is 21.1 Å². The Hall–Kier alpha value is -1.79. The van der Waals surface area contributed by atoms with E-state index in [4.69, 9.17) is 5.11 Å². The van der Waals surface area contributed by atoms with Crippen LogP contribution in [0.1, 0.15) is 33.6 Å². The van der Waals surface area contributed by atoms with Crippen molar-refractivity contribution in [1.82, 2.24) is 16.0 Å². The topological polar surface area (TPSA) is 108 Å². The Kier molecular flexibility index (Phi) is 5.14. The highest BCUT2D eigenvalue weighted by atomic mass is 16.4. The molecule has 0 spiro atoms. The van der Waals surface area contributed by atoms with Crippen LogP contribution in [0.15, 0.2) is 0 Å². The molecule has 7 heteroatoms. The van der Waals surface area contributed by atoms with Gasteiger partial charge in [0.1, 0.15) is 12.1 Å². The van der Waals surface area contributed by atoms with Crippen molar-refractivity contribution in [3.05, 3.63) is 0 Å². The normalized spacial score (nSPS) is 17.5. The lowest BCUT2D eigenvalue weighted by Gasteiger charge is -2.20. The quantitative estimate of drug-likeness (QED) is 0.548. The monoisotopic (exact) mass is 271 g/mol. The molecule has 0 aromatic rings. The molecule has 19 heavy (non-hydrogen) atoms. The number of aliphatic carboxylic acids is 1. The first kappa shape index (κ1) is 15.3. The van der Waals surface area contributed by atoms with E-state index in [-0.39, 0.29) is 17.9 Å². The van der Waals surface area contributed by atoms with Crippen molar-refractivity contribution in [2.24, 2.45) is 5.92 Å². The van der Waals surface area contributed by atoms with E-state index >= 15 is 0 Å². The number of hydrogen-bond donors (Lipinski definition) is 4. The zero-order chi connectivity index (χ0) is 14.6. The Bertz CT molecular complexity index is 366. The Morgan fingerprint density at radius 3 is 2.11 bits per heavy atom. The Morgan fingerprint density at radius 1 is 1.11 bits per heavy atom. The van der Waals surface area contributed by atoms with Gasteiger partial charge in [0.15, 0.2) is 0 Å². The zero-order valence-corrected chi connectivity index (χ0v) is 11.4. The molecule has 3 amide bonds. The predicted molar refractivity (Wildman–Crippen MR) is 68.6 cm³/mol. The van der Waals surface area contributed by atoms with E-state index in [0.717, 1.165) is 12.8 Å². The van der Waals surface area contributed by atoms with Gasteiger partial charge in [0.05, 0.1) is 0 Å². The molecule has 1 unspecified atom stereocenters. The molecule has 1 aliphatic rings. The lowest BCUT2D eigenvalue weighted by Crippen LogP contribution is -2.53. The standard InChI is InChI=1S/C12H21N3O4/c1-6(2)9(11(17)18)15-12(19)13-7(3)10(16)14-8-4-5-8/h6-9H,4-5H2,1-3H3,(H,14,16)(H,17,18)(H2,13,15,19)/t7?,9-/m1/s1. The van der Waals surface area contributed by atoms with Gasteiger partial charge in [-0.15, -0.1) is 0 Å². The molecule has 0 aromatic carbocycles. The molecule has 7 nitrogen and oxygen atoms in total. The first-order chi connectivity index (χ1) is 8.81. The van der Waals surface area contributed by atoms with E-state index in [0.29, 0.717) is 0 Å². The van der Waals surface area contributed by atoms with Crippen LogP contribution in [0.5, 0.6) is 0 Å². The van der Waals surface area contributed by atoms with Crippen molar-refractivity contribution in [1.29, 1.82) is 0 Å². The number of urea groups is 1. The summed E-state index contributed by atoms with van der Waals surface area (Å²) in [5, 5.41) is 16.5. The zero-order valence-electron chi connectivity index (χ0n) is 11.4. The fraction of sp³-hybridized carbons (Fsp3) is 0.750. The highest BCUT2D eigenvalue weighted by molar-refractivity contribution is 5.88. The average molecular weight is 271 g/mol. The predicted octanol–water partition coefficient (Wildman–Crippen LogP) is 0.0619. The minimum absolute atomic E-state index is 0.224. The van der Waals surface area contributed by atoms with Crippen LogP contribution in [0.25, 0.3) is 0 Å². The van der Waals surface area contributed by atoms with Gasteiger partial charge in [-0.1, -0.05) is 13.8 Å². The molecule has 1 fully saturated rings. The van der Waals surface area contributed by atoms with E-state index in [1.54, 1.807) is 20.8 Å². The van der Waals surface area contributed by atoms with Crippen molar-refractivity contribution >= 4 is 17.9 Å². The third kappa shape index (κ3) is 5.15. The van der Waals surface area contributed by atoms with Gasteiger partial charge >= 0.3 is 12.0 Å². The van der Waals surface area contributed by atoms with Crippen molar-refractivity contribution in [2.45, 2.75) is 51.7 Å². The van der Waals surface area contributed by atoms with Gasteiger partial charge in [0.25, 0.3) is 0 Å². The number of carbonyl (C=O) groups is 3. The van der Waals surface area contributed by atoms with Gasteiger partial charge in [-0.3, -0.25) is 4.79 Å². The average Bonchev–Trinajstić information content (AvgIpc) is 3.08. The Balaban J connectivity index is 2.39. The van der Waals surface area contributed by atoms with Gasteiger partial charge in [-0.2, -0.15) is 0 Å². The van der Waals surface area contributed by atoms with Crippen LogP contribution in [0.2, 0.25) is 0 Å². The first-order valence-corrected chi connectivity index (χ1v) is 6.41. The molecule has 1 rings (SSSR count). The molecule has 1 saturated carbocycles. The van der Waals surface area contributed by atoms with Crippen molar-refractivity contribution in [3.63, 3.8) is 0 Å². The number of carboxylic acids is 1. The fourth-order valence-electron chi connectivity index (χ4n) is 1.51. The number of nitrogens with one attached hydrogen (secondary N) is 3. The summed E-state index contributed by atoms with van der Waals surface area (Å²) >= 11 is 0. The first-order valence-electron chi connectivity index (χ1n) is 6.41. The van der Waals surface area contributed by atoms with Crippen molar-refractivity contribution in [2.75, 3.05) is 0 Å². The molecule has 0 radical (unpaired) electrons. The van der Waals surface area contributed by atoms with Crippen molar-refractivity contribution in [3.8, 4) is 0 Å². The lowest BCUT2D eigenvalue weighted by atomic mass is 10.1. The summed E-state index contributed by atoms with van der Waals surface area (Å²) in [7, 11) is 0. The summed E-state index contributed by atoms with van der Waals surface area (Å²) in [6.45, 7) is 4.95. The number of hydrogen-bond acceptors (Lipinski definition) is 3. The third-order valence-electron chi connectivity index (χ3n) is 2.88. The van der Waals surface area contributed by atoms with Crippen LogP contribution in [-0.2, 0) is 9.59 Å². The summed E-state index contributed by atoms with van der Waals surface area (Å²) < 4.78 is 0. The highest BCUT2D eigenvalue weighted by Gasteiger charge is 2.28. The second-order valence-electron chi connectivity index (χ2n) is 5.18. The van der Waals surface area contributed by atoms with E-state index < -0.39 is 24.1 Å². The molecule has 2 atom stereocenters. The second-order valence-corrected chi connectivity index (χ2v) is 5.18. The van der Waals surface area contributed by atoms with Gasteiger partial charge in [0.2, 0.25) is 5.91 Å². The van der Waals surface area contributed by atoms with Gasteiger partial charge in [-0.25, -0.2) is 9.59 Å². The molecule has 0 heterocycles. The summed E-state index contributed by atoms with van der Waals surface area (Å²) in [4.78, 5) is 34.2. The molecular formula is C12H21N3O4. The fourth-order valence-corrected chi connectivity index (χ4v) is 1.51. The summed E-state index contributed by atoms with van der Waals surface area (Å²) in [6, 6.07) is -2.09. The third-order valence-corrected chi connectivity index (χ3v) is 2.88. The molecule has 0 aromatic heterocycles. The summed E-state index contributed by atoms with van der Waals surface area (Å²) in [5.41, 5.74) is 0. The summed E-state index contributed by atoms with van der Waals surface area (Å²) in [6.07, 6.45) is 1.94. The van der Waals surface area contributed by atoms with E-state index in [2.05, 4.69) is 16.0 Å². The Labute approximate surface area is 112 Å².